The normalized spacial score (nSPS) is 15.0. The highest BCUT2D eigenvalue weighted by Crippen LogP contribution is 2.34. The number of hydrogen-bond donors (Lipinski definition) is 0. The van der Waals surface area contributed by atoms with Crippen molar-refractivity contribution >= 4 is 49.2 Å². The molecule has 1 aromatic carbocycles. The minimum Gasteiger partial charge on any atom is -0.407 e. The molecule has 5 heteroatoms. The molecule has 0 N–H and O–H groups in total. The lowest BCUT2D eigenvalue weighted by molar-refractivity contribution is 0.247. The molecular weight excluding hydrogens is 307 g/mol. The van der Waals surface area contributed by atoms with Gasteiger partial charge in [0.25, 0.3) is 0 Å². The van der Waals surface area contributed by atoms with E-state index >= 15 is 0 Å². The molecule has 0 saturated carbocycles. The Morgan fingerprint density at radius 3 is 2.11 bits per heavy atom. The molecule has 0 saturated heterocycles. The highest BCUT2D eigenvalue weighted by Gasteiger charge is 2.34. The Morgan fingerprint density at radius 2 is 1.67 bits per heavy atom. The Kier molecular flexibility index (Phi) is 5.75. The first kappa shape index (κ1) is 16.1. The van der Waals surface area contributed by atoms with Crippen LogP contribution in [-0.2, 0) is 4.43 Å². The zero-order valence-corrected chi connectivity index (χ0v) is 13.9. The van der Waals surface area contributed by atoms with E-state index in [0.29, 0.717) is 0 Å². The van der Waals surface area contributed by atoms with Gasteiger partial charge >= 0.3 is 0 Å². The van der Waals surface area contributed by atoms with Crippen LogP contribution in [0.4, 0.5) is 0 Å². The summed E-state index contributed by atoms with van der Waals surface area (Å²) < 4.78 is 4.43. The highest BCUT2D eigenvalue weighted by atomic mass is 35.6. The molecule has 1 atom stereocenters. The molecule has 0 aliphatic heterocycles. The van der Waals surface area contributed by atoms with Gasteiger partial charge in [-0.25, -0.2) is 0 Å². The highest BCUT2D eigenvalue weighted by molar-refractivity contribution is 6.71. The van der Waals surface area contributed by atoms with E-state index in [-0.39, 0.29) is 0 Å². The molecule has 0 aliphatic rings. The van der Waals surface area contributed by atoms with Crippen LogP contribution in [-0.4, -0.2) is 18.2 Å². The summed E-state index contributed by atoms with van der Waals surface area (Å²) in [6.07, 6.45) is 3.18. The molecule has 0 heterocycles. The molecule has 1 rings (SSSR count). The van der Waals surface area contributed by atoms with Crippen molar-refractivity contribution in [3.63, 3.8) is 0 Å². The van der Waals surface area contributed by atoms with Crippen molar-refractivity contribution in [2.75, 3.05) is 0 Å². The maximum atomic E-state index is 5.95. The molecular formula is C13H17Cl3OSi. The summed E-state index contributed by atoms with van der Waals surface area (Å²) in [6, 6.07) is 9.86. The van der Waals surface area contributed by atoms with Gasteiger partial charge in [0.1, 0.15) is 6.10 Å². The van der Waals surface area contributed by atoms with Gasteiger partial charge in [0.05, 0.1) is 0 Å². The quantitative estimate of drug-likeness (QED) is 0.540. The van der Waals surface area contributed by atoms with Crippen LogP contribution in [0.25, 0.3) is 6.08 Å². The summed E-state index contributed by atoms with van der Waals surface area (Å²) >= 11 is 17.8. The summed E-state index contributed by atoms with van der Waals surface area (Å²) in [7, 11) is -1.77. The lowest BCUT2D eigenvalue weighted by Crippen LogP contribution is -2.38. The van der Waals surface area contributed by atoms with Gasteiger partial charge in [0.15, 0.2) is 8.32 Å². The third kappa shape index (κ3) is 6.25. The van der Waals surface area contributed by atoms with Gasteiger partial charge < -0.3 is 4.43 Å². The zero-order valence-electron chi connectivity index (χ0n) is 10.7. The maximum Gasteiger partial charge on any atom is 0.218 e. The second kappa shape index (κ2) is 6.44. The van der Waals surface area contributed by atoms with Gasteiger partial charge in [-0.3, -0.25) is 0 Å². The Balaban J connectivity index is 2.83. The van der Waals surface area contributed by atoms with Crippen LogP contribution in [0, 0.1) is 0 Å². The number of alkyl halides is 3. The van der Waals surface area contributed by atoms with Crippen molar-refractivity contribution in [2.45, 2.75) is 29.5 Å². The Bertz CT molecular complexity index is 393. The van der Waals surface area contributed by atoms with Gasteiger partial charge in [-0.1, -0.05) is 77.3 Å². The second-order valence-corrected chi connectivity index (χ2v) is 11.8. The van der Waals surface area contributed by atoms with Crippen molar-refractivity contribution in [2.24, 2.45) is 0 Å². The minimum absolute atomic E-state index is 0.533. The van der Waals surface area contributed by atoms with E-state index in [4.69, 9.17) is 39.2 Å². The molecule has 18 heavy (non-hydrogen) atoms. The predicted octanol–water partition coefficient (Wildman–Crippen LogP) is 5.29. The van der Waals surface area contributed by atoms with Gasteiger partial charge in [-0.05, 0) is 25.2 Å². The number of benzene rings is 1. The van der Waals surface area contributed by atoms with E-state index in [1.807, 2.05) is 36.4 Å². The Labute approximate surface area is 125 Å². The van der Waals surface area contributed by atoms with Crippen LogP contribution >= 0.6 is 34.8 Å². The first-order valence-electron chi connectivity index (χ1n) is 5.66. The van der Waals surface area contributed by atoms with E-state index in [1.54, 1.807) is 6.08 Å². The lowest BCUT2D eigenvalue weighted by atomic mass is 10.2. The van der Waals surface area contributed by atoms with Crippen molar-refractivity contribution in [3.8, 4) is 0 Å². The van der Waals surface area contributed by atoms with Crippen molar-refractivity contribution < 1.29 is 4.43 Å². The monoisotopic (exact) mass is 322 g/mol. The van der Waals surface area contributed by atoms with E-state index < -0.39 is 18.2 Å². The molecule has 0 amide bonds. The van der Waals surface area contributed by atoms with Crippen LogP contribution in [0.5, 0.6) is 0 Å². The van der Waals surface area contributed by atoms with Crippen LogP contribution in [0.2, 0.25) is 19.6 Å². The number of hydrogen-bond acceptors (Lipinski definition) is 1. The van der Waals surface area contributed by atoms with E-state index in [9.17, 15) is 0 Å². The average Bonchev–Trinajstić information content (AvgIpc) is 2.22. The fraction of sp³-hybridized carbons (Fsp3) is 0.385. The largest absolute Gasteiger partial charge is 0.407 e. The molecule has 0 bridgehead atoms. The smallest absolute Gasteiger partial charge is 0.218 e. The van der Waals surface area contributed by atoms with Crippen molar-refractivity contribution in [1.82, 2.24) is 0 Å². The summed E-state index contributed by atoms with van der Waals surface area (Å²) in [5, 5.41) is 0. The zero-order chi connectivity index (χ0) is 13.8. The molecule has 0 aromatic heterocycles. The van der Waals surface area contributed by atoms with Gasteiger partial charge in [-0.2, -0.15) is 0 Å². The summed E-state index contributed by atoms with van der Waals surface area (Å²) in [5.41, 5.74) is 1.05. The molecule has 0 unspecified atom stereocenters. The van der Waals surface area contributed by atoms with E-state index in [1.165, 1.54) is 0 Å². The van der Waals surface area contributed by atoms with Crippen LogP contribution < -0.4 is 0 Å². The molecule has 100 valence electrons. The molecule has 0 aliphatic carbocycles. The lowest BCUT2D eigenvalue weighted by Gasteiger charge is -2.29. The third-order valence-electron chi connectivity index (χ3n) is 2.07. The Hall–Kier alpha value is 0.00688. The van der Waals surface area contributed by atoms with Gasteiger partial charge in [0, 0.05) is 0 Å². The molecule has 0 fully saturated rings. The fourth-order valence-corrected chi connectivity index (χ4v) is 2.95. The number of halogens is 3. The first-order chi connectivity index (χ1) is 8.18. The van der Waals surface area contributed by atoms with Crippen molar-refractivity contribution in [3.05, 3.63) is 42.0 Å². The molecule has 1 aromatic rings. The standard InChI is InChI=1S/C13H17Cl3OSi/c1-18(2,3)17-12(13(14,15)16)10-9-11-7-5-4-6-8-11/h4-10,12H,1-3H3/b10-9+/t12-/m1/s1. The van der Waals surface area contributed by atoms with Crippen LogP contribution in [0.15, 0.2) is 36.4 Å². The fourth-order valence-electron chi connectivity index (χ4n) is 1.36. The minimum atomic E-state index is -1.77. The third-order valence-corrected chi connectivity index (χ3v) is 3.67. The second-order valence-electron chi connectivity index (χ2n) is 4.96. The molecule has 0 spiro atoms. The van der Waals surface area contributed by atoms with Gasteiger partial charge in [0.2, 0.25) is 3.79 Å². The SMILES string of the molecule is C[Si](C)(C)O[C@H](/C=C/c1ccccc1)C(Cl)(Cl)Cl. The summed E-state index contributed by atoms with van der Waals surface area (Å²) in [4.78, 5) is 0. The summed E-state index contributed by atoms with van der Waals surface area (Å²) in [5.74, 6) is 0. The average molecular weight is 324 g/mol. The first-order valence-corrected chi connectivity index (χ1v) is 10.2. The summed E-state index contributed by atoms with van der Waals surface area (Å²) in [6.45, 7) is 6.19. The Morgan fingerprint density at radius 1 is 1.11 bits per heavy atom. The van der Waals surface area contributed by atoms with Crippen LogP contribution in [0.1, 0.15) is 5.56 Å². The number of rotatable bonds is 4. The topological polar surface area (TPSA) is 9.23 Å². The van der Waals surface area contributed by atoms with E-state index in [2.05, 4.69) is 19.6 Å². The van der Waals surface area contributed by atoms with Gasteiger partial charge in [-0.15, -0.1) is 0 Å². The van der Waals surface area contributed by atoms with Crippen LogP contribution in [0.3, 0.4) is 0 Å². The van der Waals surface area contributed by atoms with Crippen molar-refractivity contribution in [1.29, 1.82) is 0 Å². The molecule has 0 radical (unpaired) electrons. The predicted molar refractivity (Wildman–Crippen MR) is 84.0 cm³/mol. The molecule has 1 nitrogen and oxygen atoms in total. The van der Waals surface area contributed by atoms with E-state index in [0.717, 1.165) is 5.56 Å². The maximum absolute atomic E-state index is 5.95.